The Balaban J connectivity index is 1.65. The summed E-state index contributed by atoms with van der Waals surface area (Å²) in [6.45, 7) is 3.39. The zero-order chi connectivity index (χ0) is 11.2. The summed E-state index contributed by atoms with van der Waals surface area (Å²) in [6.07, 6.45) is 11.7. The van der Waals surface area contributed by atoms with Gasteiger partial charge in [-0.3, -0.25) is 0 Å². The van der Waals surface area contributed by atoms with E-state index < -0.39 is 0 Å². The fourth-order valence-electron chi connectivity index (χ4n) is 2.68. The number of hydrogen-bond donors (Lipinski definition) is 2. The van der Waals surface area contributed by atoms with Gasteiger partial charge in [0.1, 0.15) is 0 Å². The molecule has 0 spiro atoms. The van der Waals surface area contributed by atoms with Gasteiger partial charge < -0.3 is 10.3 Å². The summed E-state index contributed by atoms with van der Waals surface area (Å²) in [5.41, 5.74) is 1.23. The Morgan fingerprint density at radius 1 is 1.50 bits per heavy atom. The lowest BCUT2D eigenvalue weighted by Crippen LogP contribution is -2.35. The number of aromatic nitrogens is 2. The molecular weight excluding hydrogens is 198 g/mol. The molecule has 2 N–H and O–H groups in total. The van der Waals surface area contributed by atoms with E-state index in [1.807, 2.05) is 6.20 Å². The molecule has 16 heavy (non-hydrogen) atoms. The van der Waals surface area contributed by atoms with Crippen LogP contribution in [0.4, 0.5) is 0 Å². The maximum atomic E-state index is 4.03. The summed E-state index contributed by atoms with van der Waals surface area (Å²) in [5.74, 6) is 0.957. The summed E-state index contributed by atoms with van der Waals surface area (Å²) < 4.78 is 0. The average Bonchev–Trinajstić information content (AvgIpc) is 2.82. The highest BCUT2D eigenvalue weighted by Crippen LogP contribution is 2.26. The van der Waals surface area contributed by atoms with Crippen molar-refractivity contribution < 1.29 is 0 Å². The number of rotatable bonds is 5. The van der Waals surface area contributed by atoms with Crippen molar-refractivity contribution in [1.29, 1.82) is 0 Å². The molecule has 0 saturated heterocycles. The standard InChI is InChI=1S/C13H23N3/c1-2-11-4-3-5-12(8-11)15-7-6-13-9-14-10-16-13/h9-12,15H,2-8H2,1H3,(H,14,16). The van der Waals surface area contributed by atoms with Crippen molar-refractivity contribution in [3.8, 4) is 0 Å². The highest BCUT2D eigenvalue weighted by molar-refractivity contribution is 4.94. The van der Waals surface area contributed by atoms with E-state index in [1.54, 1.807) is 6.33 Å². The first-order chi connectivity index (χ1) is 7.88. The van der Waals surface area contributed by atoms with Gasteiger partial charge in [-0.25, -0.2) is 4.98 Å². The number of nitrogens with one attached hydrogen (secondary N) is 2. The second kappa shape index (κ2) is 6.04. The second-order valence-electron chi connectivity index (χ2n) is 4.92. The van der Waals surface area contributed by atoms with Crippen LogP contribution in [0.25, 0.3) is 0 Å². The van der Waals surface area contributed by atoms with E-state index >= 15 is 0 Å². The minimum Gasteiger partial charge on any atom is -0.348 e. The summed E-state index contributed by atoms with van der Waals surface area (Å²) in [7, 11) is 0. The van der Waals surface area contributed by atoms with E-state index in [9.17, 15) is 0 Å². The maximum absolute atomic E-state index is 4.03. The number of hydrogen-bond acceptors (Lipinski definition) is 2. The molecule has 0 amide bonds. The first kappa shape index (κ1) is 11.6. The second-order valence-corrected chi connectivity index (χ2v) is 4.92. The van der Waals surface area contributed by atoms with Gasteiger partial charge in [0.25, 0.3) is 0 Å². The Kier molecular flexibility index (Phi) is 4.40. The highest BCUT2D eigenvalue weighted by Gasteiger charge is 2.19. The molecule has 1 aliphatic rings. The molecule has 1 aliphatic carbocycles. The van der Waals surface area contributed by atoms with Gasteiger partial charge in [-0.1, -0.05) is 26.2 Å². The molecule has 0 aromatic carbocycles. The lowest BCUT2D eigenvalue weighted by molar-refractivity contribution is 0.280. The fraction of sp³-hybridized carbons (Fsp3) is 0.769. The number of H-pyrrole nitrogens is 1. The molecule has 90 valence electrons. The van der Waals surface area contributed by atoms with E-state index in [1.165, 1.54) is 37.8 Å². The predicted molar refractivity (Wildman–Crippen MR) is 66.3 cm³/mol. The Hall–Kier alpha value is -0.830. The molecule has 0 bridgehead atoms. The molecule has 3 nitrogen and oxygen atoms in total. The highest BCUT2D eigenvalue weighted by atomic mass is 14.9. The molecule has 2 atom stereocenters. The fourth-order valence-corrected chi connectivity index (χ4v) is 2.68. The molecule has 2 unspecified atom stereocenters. The Bertz CT molecular complexity index is 281. The van der Waals surface area contributed by atoms with Crippen molar-refractivity contribution >= 4 is 0 Å². The van der Waals surface area contributed by atoms with E-state index in [2.05, 4.69) is 22.2 Å². The molecule has 2 rings (SSSR count). The van der Waals surface area contributed by atoms with Crippen LogP contribution in [-0.2, 0) is 6.42 Å². The first-order valence-electron chi connectivity index (χ1n) is 6.59. The van der Waals surface area contributed by atoms with Gasteiger partial charge >= 0.3 is 0 Å². The third-order valence-corrected chi connectivity index (χ3v) is 3.74. The summed E-state index contributed by atoms with van der Waals surface area (Å²) in [5, 5.41) is 3.68. The normalized spacial score (nSPS) is 25.8. The van der Waals surface area contributed by atoms with E-state index in [0.29, 0.717) is 0 Å². The molecule has 1 heterocycles. The van der Waals surface area contributed by atoms with Crippen molar-refractivity contribution in [2.45, 2.75) is 51.5 Å². The van der Waals surface area contributed by atoms with E-state index in [-0.39, 0.29) is 0 Å². The van der Waals surface area contributed by atoms with Gasteiger partial charge in [-0.2, -0.15) is 0 Å². The molecule has 0 radical (unpaired) electrons. The van der Waals surface area contributed by atoms with Crippen LogP contribution < -0.4 is 5.32 Å². The monoisotopic (exact) mass is 221 g/mol. The van der Waals surface area contributed by atoms with Gasteiger partial charge in [0.05, 0.1) is 6.33 Å². The SMILES string of the molecule is CCC1CCCC(NCCc2cnc[nH]2)C1. The van der Waals surface area contributed by atoms with Crippen LogP contribution in [0, 0.1) is 5.92 Å². The molecule has 1 aromatic heterocycles. The minimum atomic E-state index is 0.752. The van der Waals surface area contributed by atoms with Crippen molar-refractivity contribution in [1.82, 2.24) is 15.3 Å². The van der Waals surface area contributed by atoms with Crippen molar-refractivity contribution in [3.63, 3.8) is 0 Å². The Labute approximate surface area is 98.1 Å². The van der Waals surface area contributed by atoms with Crippen molar-refractivity contribution in [2.24, 2.45) is 5.92 Å². The Morgan fingerprint density at radius 3 is 3.19 bits per heavy atom. The first-order valence-corrected chi connectivity index (χ1v) is 6.59. The molecule has 0 aliphatic heterocycles. The van der Waals surface area contributed by atoms with Gasteiger partial charge in [0, 0.05) is 30.9 Å². The number of nitrogens with zero attached hydrogens (tertiary/aromatic N) is 1. The smallest absolute Gasteiger partial charge is 0.0921 e. The minimum absolute atomic E-state index is 0.752. The zero-order valence-corrected chi connectivity index (χ0v) is 10.2. The van der Waals surface area contributed by atoms with Crippen LogP contribution in [0.2, 0.25) is 0 Å². The summed E-state index contributed by atoms with van der Waals surface area (Å²) >= 11 is 0. The molecular formula is C13H23N3. The van der Waals surface area contributed by atoms with Crippen LogP contribution in [0.1, 0.15) is 44.7 Å². The van der Waals surface area contributed by atoms with Crippen molar-refractivity contribution in [3.05, 3.63) is 18.2 Å². The lowest BCUT2D eigenvalue weighted by atomic mass is 9.84. The molecule has 1 saturated carbocycles. The van der Waals surface area contributed by atoms with E-state index in [4.69, 9.17) is 0 Å². The van der Waals surface area contributed by atoms with Gasteiger partial charge in [-0.15, -0.1) is 0 Å². The van der Waals surface area contributed by atoms with Crippen molar-refractivity contribution in [2.75, 3.05) is 6.54 Å². The molecule has 3 heteroatoms. The predicted octanol–water partition coefficient (Wildman–Crippen LogP) is 2.51. The Morgan fingerprint density at radius 2 is 2.44 bits per heavy atom. The summed E-state index contributed by atoms with van der Waals surface area (Å²) in [6, 6.07) is 0.752. The van der Waals surface area contributed by atoms with Crippen LogP contribution in [0.15, 0.2) is 12.5 Å². The van der Waals surface area contributed by atoms with Crippen LogP contribution in [0.3, 0.4) is 0 Å². The quantitative estimate of drug-likeness (QED) is 0.802. The topological polar surface area (TPSA) is 40.7 Å². The number of aromatic amines is 1. The van der Waals surface area contributed by atoms with Gasteiger partial charge in [0.2, 0.25) is 0 Å². The number of imidazole rings is 1. The average molecular weight is 221 g/mol. The van der Waals surface area contributed by atoms with E-state index in [0.717, 1.165) is 24.9 Å². The molecule has 1 aromatic rings. The van der Waals surface area contributed by atoms with Crippen LogP contribution in [0.5, 0.6) is 0 Å². The molecule has 1 fully saturated rings. The zero-order valence-electron chi connectivity index (χ0n) is 10.2. The summed E-state index contributed by atoms with van der Waals surface area (Å²) in [4.78, 5) is 7.17. The lowest BCUT2D eigenvalue weighted by Gasteiger charge is -2.29. The van der Waals surface area contributed by atoms with Gasteiger partial charge in [-0.05, 0) is 18.8 Å². The largest absolute Gasteiger partial charge is 0.348 e. The van der Waals surface area contributed by atoms with Crippen LogP contribution in [-0.4, -0.2) is 22.6 Å². The van der Waals surface area contributed by atoms with Crippen LogP contribution >= 0.6 is 0 Å². The van der Waals surface area contributed by atoms with Gasteiger partial charge in [0.15, 0.2) is 0 Å². The third kappa shape index (κ3) is 3.34. The maximum Gasteiger partial charge on any atom is 0.0921 e. The third-order valence-electron chi connectivity index (χ3n) is 3.74.